The van der Waals surface area contributed by atoms with Crippen molar-refractivity contribution in [3.63, 3.8) is 0 Å². The van der Waals surface area contributed by atoms with Crippen LogP contribution in [-0.2, 0) is 16.0 Å². The topological polar surface area (TPSA) is 123 Å². The second-order valence-corrected chi connectivity index (χ2v) is 12.6. The zero-order chi connectivity index (χ0) is 29.1. The van der Waals surface area contributed by atoms with Crippen molar-refractivity contribution in [2.45, 2.75) is 92.0 Å². The quantitative estimate of drug-likeness (QED) is 0.250. The summed E-state index contributed by atoms with van der Waals surface area (Å²) in [5, 5.41) is 23.0. The Balaban J connectivity index is 0.0000144. The number of benzene rings is 1. The summed E-state index contributed by atoms with van der Waals surface area (Å²) in [6, 6.07) is 7.84. The van der Waals surface area contributed by atoms with Gasteiger partial charge in [-0.15, -0.1) is 12.4 Å². The molecule has 0 aliphatic rings. The van der Waals surface area contributed by atoms with Gasteiger partial charge in [0.25, 0.3) is 0 Å². The first-order valence-electron chi connectivity index (χ1n) is 13.6. The van der Waals surface area contributed by atoms with E-state index in [-0.39, 0.29) is 43.3 Å². The Hall–Kier alpha value is -2.36. The third-order valence-electron chi connectivity index (χ3n) is 6.01. The monoisotopic (exact) mass is 569 g/mol. The third-order valence-corrected chi connectivity index (χ3v) is 6.01. The normalized spacial score (nSPS) is 14.0. The molecule has 0 heterocycles. The minimum atomic E-state index is -1.04. The lowest BCUT2D eigenvalue weighted by Gasteiger charge is -2.35. The molecule has 0 saturated heterocycles. The summed E-state index contributed by atoms with van der Waals surface area (Å²) < 4.78 is 0. The van der Waals surface area contributed by atoms with Crippen LogP contribution >= 0.6 is 12.4 Å². The first-order valence-corrected chi connectivity index (χ1v) is 13.6. The maximum absolute atomic E-state index is 13.5. The van der Waals surface area contributed by atoms with Gasteiger partial charge in [0.15, 0.2) is 0 Å². The number of nitrogens with one attached hydrogen (secondary N) is 4. The van der Waals surface area contributed by atoms with Gasteiger partial charge in [0, 0.05) is 12.1 Å². The molecule has 1 rings (SSSR count). The fraction of sp³-hybridized carbons (Fsp3) is 0.690. The van der Waals surface area contributed by atoms with Crippen LogP contribution in [0.5, 0.6) is 0 Å². The molecule has 5 N–H and O–H groups in total. The van der Waals surface area contributed by atoms with E-state index >= 15 is 0 Å². The van der Waals surface area contributed by atoms with Crippen LogP contribution in [0, 0.1) is 11.3 Å². The lowest BCUT2D eigenvalue weighted by atomic mass is 9.85. The summed E-state index contributed by atoms with van der Waals surface area (Å²) in [6.45, 7) is 16.2. The van der Waals surface area contributed by atoms with Crippen molar-refractivity contribution >= 4 is 30.3 Å². The number of carbonyl (C=O) groups is 3. The van der Waals surface area contributed by atoms with Crippen LogP contribution in [0.3, 0.4) is 0 Å². The van der Waals surface area contributed by atoms with Crippen molar-refractivity contribution in [3.8, 4) is 0 Å². The third kappa shape index (κ3) is 14.6. The van der Waals surface area contributed by atoms with Crippen LogP contribution in [0.1, 0.15) is 67.4 Å². The van der Waals surface area contributed by atoms with Gasteiger partial charge in [0.2, 0.25) is 11.8 Å². The molecular formula is C29H52ClN5O4. The molecule has 3 atom stereocenters. The molecular weight excluding hydrogens is 518 g/mol. The van der Waals surface area contributed by atoms with Crippen LogP contribution in [-0.4, -0.2) is 78.3 Å². The Labute approximate surface area is 241 Å². The smallest absolute Gasteiger partial charge is 0.317 e. The second-order valence-electron chi connectivity index (χ2n) is 12.6. The maximum atomic E-state index is 13.5. The predicted octanol–water partition coefficient (Wildman–Crippen LogP) is 3.10. The molecule has 0 fully saturated rings. The molecule has 0 saturated carbocycles. The lowest BCUT2D eigenvalue weighted by Crippen LogP contribution is -2.60. The molecule has 9 nitrogen and oxygen atoms in total. The predicted molar refractivity (Wildman–Crippen MR) is 160 cm³/mol. The minimum absolute atomic E-state index is 0. The Morgan fingerprint density at radius 2 is 1.56 bits per heavy atom. The molecule has 0 aliphatic heterocycles. The Morgan fingerprint density at radius 1 is 0.974 bits per heavy atom. The molecule has 0 aromatic heterocycles. The number of aliphatic hydroxyl groups excluding tert-OH is 1. The molecule has 0 bridgehead atoms. The molecule has 1 aromatic rings. The number of amides is 4. The van der Waals surface area contributed by atoms with Crippen LogP contribution in [0.15, 0.2) is 30.3 Å². The van der Waals surface area contributed by atoms with Crippen LogP contribution in [0.2, 0.25) is 0 Å². The number of nitrogens with zero attached hydrogens (tertiary/aromatic N) is 1. The highest BCUT2D eigenvalue weighted by Crippen LogP contribution is 2.20. The van der Waals surface area contributed by atoms with Gasteiger partial charge in [0.05, 0.1) is 25.2 Å². The summed E-state index contributed by atoms with van der Waals surface area (Å²) >= 11 is 0. The maximum Gasteiger partial charge on any atom is 0.317 e. The number of halogens is 1. The van der Waals surface area contributed by atoms with Crippen molar-refractivity contribution in [3.05, 3.63) is 35.9 Å². The molecule has 0 spiro atoms. The van der Waals surface area contributed by atoms with Gasteiger partial charge in [0.1, 0.15) is 6.04 Å². The van der Waals surface area contributed by atoms with Gasteiger partial charge in [-0.2, -0.15) is 0 Å². The summed E-state index contributed by atoms with van der Waals surface area (Å²) in [7, 11) is 1.67. The van der Waals surface area contributed by atoms with Crippen molar-refractivity contribution in [2.24, 2.45) is 11.3 Å². The van der Waals surface area contributed by atoms with Crippen molar-refractivity contribution in [2.75, 3.05) is 26.7 Å². The van der Waals surface area contributed by atoms with E-state index in [1.165, 1.54) is 0 Å². The van der Waals surface area contributed by atoms with Gasteiger partial charge >= 0.3 is 6.03 Å². The first-order chi connectivity index (χ1) is 17.5. The molecule has 10 heteroatoms. The molecule has 39 heavy (non-hydrogen) atoms. The molecule has 0 unspecified atom stereocenters. The highest BCUT2D eigenvalue weighted by atomic mass is 35.5. The van der Waals surface area contributed by atoms with Gasteiger partial charge in [-0.1, -0.05) is 65.0 Å². The van der Waals surface area contributed by atoms with Crippen molar-refractivity contribution in [1.29, 1.82) is 0 Å². The Bertz CT molecular complexity index is 884. The Morgan fingerprint density at radius 3 is 2.05 bits per heavy atom. The zero-order valence-corrected chi connectivity index (χ0v) is 26.1. The number of aliphatic hydroxyl groups is 1. The lowest BCUT2D eigenvalue weighted by molar-refractivity contribution is -0.132. The van der Waals surface area contributed by atoms with E-state index in [2.05, 4.69) is 35.1 Å². The molecule has 224 valence electrons. The SMILES string of the molecule is CNCC(=O)N[C@@H](C(=O)N[C@H](Cc1ccccc1)[C@@H](O)CN(CCC(C)C)C(=O)NC(C)(C)C)C(C)(C)C.Cl. The standard InChI is InChI=1S/C29H51N5O4.ClH/c1-20(2)15-16-34(27(38)33-29(6,7)8)19-23(35)22(17-21-13-11-10-12-14-21)31-26(37)25(28(3,4)5)32-24(36)18-30-9;/h10-14,20,22-23,25,30,35H,15-19H2,1-9H3,(H,31,37)(H,32,36)(H,33,38);1H/t22-,23+,25+;/m1./s1. The van der Waals surface area contributed by atoms with Crippen LogP contribution in [0.4, 0.5) is 4.79 Å². The van der Waals surface area contributed by atoms with E-state index in [9.17, 15) is 19.5 Å². The molecule has 0 radical (unpaired) electrons. The average molecular weight is 570 g/mol. The van der Waals surface area contributed by atoms with Gasteiger partial charge in [-0.05, 0) is 57.6 Å². The fourth-order valence-corrected chi connectivity index (χ4v) is 3.91. The number of hydrogen-bond donors (Lipinski definition) is 5. The molecule has 1 aromatic carbocycles. The highest BCUT2D eigenvalue weighted by Gasteiger charge is 2.35. The van der Waals surface area contributed by atoms with E-state index in [1.54, 1.807) is 11.9 Å². The number of likely N-dealkylation sites (N-methyl/N-ethyl adjacent to an activating group) is 1. The average Bonchev–Trinajstić information content (AvgIpc) is 2.78. The number of rotatable bonds is 13. The first kappa shape index (κ1) is 36.6. The minimum Gasteiger partial charge on any atom is -0.389 e. The fourth-order valence-electron chi connectivity index (χ4n) is 3.91. The van der Waals surface area contributed by atoms with E-state index < -0.39 is 29.1 Å². The van der Waals surface area contributed by atoms with E-state index in [4.69, 9.17) is 0 Å². The van der Waals surface area contributed by atoms with Gasteiger partial charge in [-0.25, -0.2) is 4.79 Å². The molecule has 0 aliphatic carbocycles. The zero-order valence-electron chi connectivity index (χ0n) is 25.3. The van der Waals surface area contributed by atoms with E-state index in [1.807, 2.05) is 71.9 Å². The van der Waals surface area contributed by atoms with Crippen LogP contribution < -0.4 is 21.3 Å². The Kier molecular flexibility index (Phi) is 15.7. The van der Waals surface area contributed by atoms with Gasteiger partial charge in [-0.3, -0.25) is 9.59 Å². The summed E-state index contributed by atoms with van der Waals surface area (Å²) in [5.41, 5.74) is -0.0522. The molecule has 4 amide bonds. The van der Waals surface area contributed by atoms with Gasteiger partial charge < -0.3 is 31.3 Å². The summed E-state index contributed by atoms with van der Waals surface area (Å²) in [5.74, 6) is -0.290. The van der Waals surface area contributed by atoms with Crippen LogP contribution in [0.25, 0.3) is 0 Å². The second kappa shape index (κ2) is 16.7. The highest BCUT2D eigenvalue weighted by molar-refractivity contribution is 5.89. The number of urea groups is 1. The van der Waals surface area contributed by atoms with Crippen molar-refractivity contribution in [1.82, 2.24) is 26.2 Å². The summed E-state index contributed by atoms with van der Waals surface area (Å²) in [6.07, 6.45) is 0.114. The van der Waals surface area contributed by atoms with E-state index in [0.29, 0.717) is 18.9 Å². The van der Waals surface area contributed by atoms with Crippen molar-refractivity contribution < 1.29 is 19.5 Å². The van der Waals surface area contributed by atoms with E-state index in [0.717, 1.165) is 12.0 Å². The largest absolute Gasteiger partial charge is 0.389 e. The summed E-state index contributed by atoms with van der Waals surface area (Å²) in [4.78, 5) is 40.5. The number of carbonyl (C=O) groups excluding carboxylic acids is 3. The number of hydrogen-bond acceptors (Lipinski definition) is 5.